The number of aromatic nitrogens is 3. The highest BCUT2D eigenvalue weighted by molar-refractivity contribution is 4.83. The Kier molecular flexibility index (Phi) is 6.50. The SMILES string of the molecule is C=CCOCCNCc1ncnn1CC(C)C. The van der Waals surface area contributed by atoms with Crippen LogP contribution in [0.15, 0.2) is 19.0 Å². The fourth-order valence-electron chi connectivity index (χ4n) is 1.43. The highest BCUT2D eigenvalue weighted by Gasteiger charge is 2.05. The molecule has 0 unspecified atom stereocenters. The van der Waals surface area contributed by atoms with Crippen LogP contribution in [0.25, 0.3) is 0 Å². The van der Waals surface area contributed by atoms with Crippen LogP contribution in [-0.2, 0) is 17.8 Å². The summed E-state index contributed by atoms with van der Waals surface area (Å²) in [5.41, 5.74) is 0. The number of ether oxygens (including phenoxy) is 1. The number of hydrogen-bond donors (Lipinski definition) is 1. The van der Waals surface area contributed by atoms with E-state index >= 15 is 0 Å². The van der Waals surface area contributed by atoms with Crippen molar-refractivity contribution in [2.75, 3.05) is 19.8 Å². The molecule has 0 spiro atoms. The molecule has 17 heavy (non-hydrogen) atoms. The van der Waals surface area contributed by atoms with Crippen LogP contribution in [0.2, 0.25) is 0 Å². The van der Waals surface area contributed by atoms with Gasteiger partial charge in [-0.2, -0.15) is 5.10 Å². The maximum absolute atomic E-state index is 5.27. The summed E-state index contributed by atoms with van der Waals surface area (Å²) >= 11 is 0. The summed E-state index contributed by atoms with van der Waals surface area (Å²) in [6.07, 6.45) is 3.35. The summed E-state index contributed by atoms with van der Waals surface area (Å²) in [4.78, 5) is 4.24. The van der Waals surface area contributed by atoms with Crippen LogP contribution in [0.4, 0.5) is 0 Å². The van der Waals surface area contributed by atoms with Gasteiger partial charge in [0.15, 0.2) is 0 Å². The Morgan fingerprint density at radius 1 is 1.59 bits per heavy atom. The number of nitrogens with zero attached hydrogens (tertiary/aromatic N) is 3. The first-order valence-electron chi connectivity index (χ1n) is 6.00. The summed E-state index contributed by atoms with van der Waals surface area (Å²) in [6, 6.07) is 0. The van der Waals surface area contributed by atoms with E-state index in [4.69, 9.17) is 4.74 Å². The van der Waals surface area contributed by atoms with Gasteiger partial charge < -0.3 is 10.1 Å². The Morgan fingerprint density at radius 3 is 3.12 bits per heavy atom. The molecular weight excluding hydrogens is 216 g/mol. The lowest BCUT2D eigenvalue weighted by atomic mass is 10.2. The summed E-state index contributed by atoms with van der Waals surface area (Å²) in [5.74, 6) is 1.55. The highest BCUT2D eigenvalue weighted by atomic mass is 16.5. The van der Waals surface area contributed by atoms with Gasteiger partial charge in [0.05, 0.1) is 19.8 Å². The number of nitrogens with one attached hydrogen (secondary N) is 1. The first-order chi connectivity index (χ1) is 8.24. The molecule has 0 amide bonds. The molecule has 1 heterocycles. The molecule has 0 aliphatic carbocycles. The van der Waals surface area contributed by atoms with Crippen molar-refractivity contribution in [3.05, 3.63) is 24.8 Å². The largest absolute Gasteiger partial charge is 0.376 e. The van der Waals surface area contributed by atoms with Crippen LogP contribution in [0.3, 0.4) is 0 Å². The van der Waals surface area contributed by atoms with E-state index in [2.05, 4.69) is 35.8 Å². The predicted molar refractivity (Wildman–Crippen MR) is 67.6 cm³/mol. The van der Waals surface area contributed by atoms with Crippen LogP contribution in [-0.4, -0.2) is 34.5 Å². The van der Waals surface area contributed by atoms with E-state index in [1.165, 1.54) is 0 Å². The second-order valence-corrected chi connectivity index (χ2v) is 4.29. The Balaban J connectivity index is 2.22. The molecule has 0 radical (unpaired) electrons. The highest BCUT2D eigenvalue weighted by Crippen LogP contribution is 2.00. The van der Waals surface area contributed by atoms with E-state index in [0.29, 0.717) is 19.1 Å². The smallest absolute Gasteiger partial charge is 0.140 e. The summed E-state index contributed by atoms with van der Waals surface area (Å²) in [7, 11) is 0. The minimum Gasteiger partial charge on any atom is -0.376 e. The van der Waals surface area contributed by atoms with Crippen molar-refractivity contribution in [2.45, 2.75) is 26.9 Å². The van der Waals surface area contributed by atoms with Crippen molar-refractivity contribution < 1.29 is 4.74 Å². The average Bonchev–Trinajstić information content (AvgIpc) is 2.70. The molecule has 96 valence electrons. The third-order valence-electron chi connectivity index (χ3n) is 2.18. The normalized spacial score (nSPS) is 11.0. The van der Waals surface area contributed by atoms with Crippen molar-refractivity contribution in [1.82, 2.24) is 20.1 Å². The quantitative estimate of drug-likeness (QED) is 0.519. The third kappa shape index (κ3) is 5.60. The van der Waals surface area contributed by atoms with Crippen molar-refractivity contribution in [1.29, 1.82) is 0 Å². The number of rotatable bonds is 9. The van der Waals surface area contributed by atoms with Crippen molar-refractivity contribution >= 4 is 0 Å². The summed E-state index contributed by atoms with van der Waals surface area (Å²) in [6.45, 7) is 11.7. The van der Waals surface area contributed by atoms with Crippen LogP contribution in [0, 0.1) is 5.92 Å². The van der Waals surface area contributed by atoms with Crippen molar-refractivity contribution in [3.8, 4) is 0 Å². The molecule has 0 aromatic carbocycles. The molecule has 1 aromatic rings. The van der Waals surface area contributed by atoms with Gasteiger partial charge in [-0.1, -0.05) is 19.9 Å². The molecule has 0 saturated heterocycles. The lowest BCUT2D eigenvalue weighted by Crippen LogP contribution is -2.22. The van der Waals surface area contributed by atoms with Gasteiger partial charge in [0, 0.05) is 13.1 Å². The van der Waals surface area contributed by atoms with Gasteiger partial charge in [0.2, 0.25) is 0 Å². The molecule has 0 saturated carbocycles. The zero-order valence-electron chi connectivity index (χ0n) is 10.7. The summed E-state index contributed by atoms with van der Waals surface area (Å²) < 4.78 is 7.22. The molecule has 0 atom stereocenters. The van der Waals surface area contributed by atoms with Crippen LogP contribution in [0.5, 0.6) is 0 Å². The Bertz CT molecular complexity index is 322. The minimum atomic E-state index is 0.575. The lowest BCUT2D eigenvalue weighted by molar-refractivity contribution is 0.163. The molecule has 0 fully saturated rings. The van der Waals surface area contributed by atoms with Crippen LogP contribution < -0.4 is 5.32 Å². The molecule has 0 aliphatic rings. The zero-order valence-corrected chi connectivity index (χ0v) is 10.7. The van der Waals surface area contributed by atoms with E-state index in [0.717, 1.165) is 25.5 Å². The molecule has 5 heteroatoms. The second kappa shape index (κ2) is 7.97. The number of hydrogen-bond acceptors (Lipinski definition) is 4. The lowest BCUT2D eigenvalue weighted by Gasteiger charge is -2.09. The van der Waals surface area contributed by atoms with Crippen molar-refractivity contribution in [2.24, 2.45) is 5.92 Å². The molecule has 1 rings (SSSR count). The fourth-order valence-corrected chi connectivity index (χ4v) is 1.43. The van der Waals surface area contributed by atoms with Gasteiger partial charge >= 0.3 is 0 Å². The first-order valence-corrected chi connectivity index (χ1v) is 6.00. The Hall–Kier alpha value is -1.20. The average molecular weight is 238 g/mol. The van der Waals surface area contributed by atoms with Gasteiger partial charge in [0.25, 0.3) is 0 Å². The van der Waals surface area contributed by atoms with Gasteiger partial charge in [-0.3, -0.25) is 0 Å². The topological polar surface area (TPSA) is 52.0 Å². The van der Waals surface area contributed by atoms with E-state index < -0.39 is 0 Å². The molecule has 5 nitrogen and oxygen atoms in total. The Morgan fingerprint density at radius 2 is 2.41 bits per heavy atom. The van der Waals surface area contributed by atoms with Crippen molar-refractivity contribution in [3.63, 3.8) is 0 Å². The maximum atomic E-state index is 5.27. The van der Waals surface area contributed by atoms with Crippen LogP contribution >= 0.6 is 0 Å². The molecule has 0 aliphatic heterocycles. The van der Waals surface area contributed by atoms with E-state index in [9.17, 15) is 0 Å². The fraction of sp³-hybridized carbons (Fsp3) is 0.667. The monoisotopic (exact) mass is 238 g/mol. The van der Waals surface area contributed by atoms with E-state index in [-0.39, 0.29) is 0 Å². The Labute approximate surface area is 103 Å². The second-order valence-electron chi connectivity index (χ2n) is 4.29. The standard InChI is InChI=1S/C12H22N4O/c1-4-6-17-7-5-13-8-12-14-10-15-16(12)9-11(2)3/h4,10-11,13H,1,5-9H2,2-3H3. The third-order valence-corrected chi connectivity index (χ3v) is 2.18. The molecular formula is C12H22N4O. The summed E-state index contributed by atoms with van der Waals surface area (Å²) in [5, 5.41) is 7.48. The molecule has 1 N–H and O–H groups in total. The van der Waals surface area contributed by atoms with E-state index in [1.807, 2.05) is 4.68 Å². The zero-order chi connectivity index (χ0) is 12.5. The van der Waals surface area contributed by atoms with Crippen LogP contribution in [0.1, 0.15) is 19.7 Å². The van der Waals surface area contributed by atoms with Gasteiger partial charge in [-0.15, -0.1) is 6.58 Å². The van der Waals surface area contributed by atoms with Gasteiger partial charge in [0.1, 0.15) is 12.2 Å². The van der Waals surface area contributed by atoms with E-state index in [1.54, 1.807) is 12.4 Å². The maximum Gasteiger partial charge on any atom is 0.140 e. The molecule has 1 aromatic heterocycles. The minimum absolute atomic E-state index is 0.575. The molecule has 0 bridgehead atoms. The predicted octanol–water partition coefficient (Wildman–Crippen LogP) is 1.23. The van der Waals surface area contributed by atoms with Gasteiger partial charge in [-0.05, 0) is 5.92 Å². The van der Waals surface area contributed by atoms with Gasteiger partial charge in [-0.25, -0.2) is 9.67 Å². The first kappa shape index (κ1) is 13.9.